The topological polar surface area (TPSA) is 0 Å². The maximum atomic E-state index is 2.62. The van der Waals surface area contributed by atoms with Gasteiger partial charge in [-0.15, -0.1) is 0 Å². The van der Waals surface area contributed by atoms with E-state index in [-0.39, 0.29) is 5.41 Å². The van der Waals surface area contributed by atoms with Gasteiger partial charge >= 0.3 is 0 Å². The molecule has 66 heavy (non-hydrogen) atoms. The summed E-state index contributed by atoms with van der Waals surface area (Å²) < 4.78 is 0. The summed E-state index contributed by atoms with van der Waals surface area (Å²) in [5.74, 6) is 0. The number of benzene rings is 11. The van der Waals surface area contributed by atoms with Gasteiger partial charge in [-0.2, -0.15) is 0 Å². The van der Waals surface area contributed by atoms with Gasteiger partial charge in [0, 0.05) is 0 Å². The van der Waals surface area contributed by atoms with Gasteiger partial charge in [0.2, 0.25) is 0 Å². The molecule has 0 atom stereocenters. The third kappa shape index (κ3) is 5.27. The molecule has 0 heteroatoms. The molecule has 0 nitrogen and oxygen atoms in total. The minimum absolute atomic E-state index is 0.153. The molecule has 0 fully saturated rings. The molecule has 0 N–H and O–H groups in total. The molecule has 314 valence electrons. The molecule has 0 spiro atoms. The molecule has 0 saturated carbocycles. The Labute approximate surface area is 387 Å². The average Bonchev–Trinajstić information content (AvgIpc) is 3.82. The third-order valence-corrected chi connectivity index (χ3v) is 15.2. The quantitative estimate of drug-likeness (QED) is 0.155. The third-order valence-electron chi connectivity index (χ3n) is 15.2. The molecule has 13 rings (SSSR count). The standard InChI is InChI=1S/C66H50/c1-37-20-8-12-24-41(37)57-45-28-16-17-29-46(45)58(42-25-13-9-21-38(42)2)54-35-52-51(34-53(54)57)49-32-33-50-61-55(36-56(66(5,6)7)62(52)63(49)61)65-60(44-27-15-11-23-40(44)4)48-31-19-18-30-47(48)59(64(50)65)43-26-14-10-22-39(43)3/h8-36H,1-7H3. The van der Waals surface area contributed by atoms with Gasteiger partial charge < -0.3 is 0 Å². The van der Waals surface area contributed by atoms with Crippen molar-refractivity contribution < 1.29 is 0 Å². The Morgan fingerprint density at radius 3 is 1.05 bits per heavy atom. The van der Waals surface area contributed by atoms with Crippen LogP contribution in [0.5, 0.6) is 0 Å². The first-order valence-electron chi connectivity index (χ1n) is 23.6. The first-order valence-corrected chi connectivity index (χ1v) is 23.6. The summed E-state index contributed by atoms with van der Waals surface area (Å²) >= 11 is 0. The lowest BCUT2D eigenvalue weighted by Crippen LogP contribution is -2.13. The molecule has 0 saturated heterocycles. The highest BCUT2D eigenvalue weighted by molar-refractivity contribution is 6.34. The molecule has 0 unspecified atom stereocenters. The van der Waals surface area contributed by atoms with Crippen molar-refractivity contribution in [3.05, 3.63) is 204 Å². The highest BCUT2D eigenvalue weighted by Gasteiger charge is 2.38. The first-order chi connectivity index (χ1) is 32.1. The van der Waals surface area contributed by atoms with Gasteiger partial charge in [0.05, 0.1) is 0 Å². The number of aryl methyl sites for hydroxylation is 4. The van der Waals surface area contributed by atoms with Crippen molar-refractivity contribution in [2.45, 2.75) is 53.9 Å². The number of hydrogen-bond donors (Lipinski definition) is 0. The minimum atomic E-state index is -0.153. The molecular weight excluding hydrogens is 793 g/mol. The van der Waals surface area contributed by atoms with Crippen LogP contribution in [0.4, 0.5) is 0 Å². The Hall–Kier alpha value is -7.54. The second-order valence-electron chi connectivity index (χ2n) is 20.1. The lowest BCUT2D eigenvalue weighted by atomic mass is 9.77. The van der Waals surface area contributed by atoms with Crippen molar-refractivity contribution in [3.63, 3.8) is 0 Å². The van der Waals surface area contributed by atoms with Crippen molar-refractivity contribution in [1.29, 1.82) is 0 Å². The summed E-state index contributed by atoms with van der Waals surface area (Å²) in [5.41, 5.74) is 27.7. The molecular formula is C66H50. The van der Waals surface area contributed by atoms with E-state index in [2.05, 4.69) is 224 Å². The lowest BCUT2D eigenvalue weighted by molar-refractivity contribution is 0.593. The van der Waals surface area contributed by atoms with Crippen molar-refractivity contribution in [2.24, 2.45) is 0 Å². The average molecular weight is 843 g/mol. The van der Waals surface area contributed by atoms with Crippen LogP contribution < -0.4 is 0 Å². The molecule has 0 bridgehead atoms. The highest BCUT2D eigenvalue weighted by atomic mass is 14.4. The predicted molar refractivity (Wildman–Crippen MR) is 285 cm³/mol. The van der Waals surface area contributed by atoms with Gasteiger partial charge in [0.25, 0.3) is 0 Å². The summed E-state index contributed by atoms with van der Waals surface area (Å²) in [5, 5.41) is 10.6. The van der Waals surface area contributed by atoms with Crippen LogP contribution in [-0.2, 0) is 5.41 Å². The van der Waals surface area contributed by atoms with Crippen LogP contribution in [0.1, 0.15) is 48.6 Å². The van der Waals surface area contributed by atoms with E-state index < -0.39 is 0 Å². The maximum Gasteiger partial charge on any atom is -0.000720 e. The van der Waals surface area contributed by atoms with Crippen LogP contribution in [0.25, 0.3) is 132 Å². The van der Waals surface area contributed by atoms with E-state index >= 15 is 0 Å². The molecule has 0 aromatic heterocycles. The van der Waals surface area contributed by atoms with Crippen LogP contribution in [0.2, 0.25) is 0 Å². The van der Waals surface area contributed by atoms with Gasteiger partial charge in [-0.05, 0) is 211 Å². The summed E-state index contributed by atoms with van der Waals surface area (Å²) in [6.07, 6.45) is 0. The van der Waals surface area contributed by atoms with E-state index in [0.717, 1.165) is 0 Å². The molecule has 2 aliphatic rings. The molecule has 0 heterocycles. The lowest BCUT2D eigenvalue weighted by Gasteiger charge is -2.26. The first kappa shape index (κ1) is 38.9. The number of hydrogen-bond acceptors (Lipinski definition) is 0. The maximum absolute atomic E-state index is 2.62. The van der Waals surface area contributed by atoms with Crippen molar-refractivity contribution in [1.82, 2.24) is 0 Å². The SMILES string of the molecule is Cc1ccccc1-c1c2c(c(-c3ccccc3C)c3ccccc13)-c1cc(C(C)(C)C)c3c4c(ccc-2c14)-c1cc2c(-c4ccccc4C)c4ccccc4c(-c4ccccc4C)c2cc1-3. The van der Waals surface area contributed by atoms with Crippen molar-refractivity contribution in [2.75, 3.05) is 0 Å². The molecule has 0 radical (unpaired) electrons. The summed E-state index contributed by atoms with van der Waals surface area (Å²) in [7, 11) is 0. The molecule has 0 amide bonds. The summed E-state index contributed by atoms with van der Waals surface area (Å²) in [6.45, 7) is 16.3. The Balaban J connectivity index is 1.23. The fraction of sp³-hybridized carbons (Fsp3) is 0.121. The second kappa shape index (κ2) is 14.0. The molecule has 2 aliphatic carbocycles. The van der Waals surface area contributed by atoms with Crippen molar-refractivity contribution in [3.8, 4) is 89.0 Å². The molecule has 11 aromatic carbocycles. The Bertz CT molecular complexity index is 3940. The van der Waals surface area contributed by atoms with E-state index in [9.17, 15) is 0 Å². The minimum Gasteiger partial charge on any atom is -0.0620 e. The highest BCUT2D eigenvalue weighted by Crippen LogP contribution is 2.64. The van der Waals surface area contributed by atoms with Crippen LogP contribution >= 0.6 is 0 Å². The van der Waals surface area contributed by atoms with Gasteiger partial charge in [-0.1, -0.05) is 178 Å². The zero-order valence-electron chi connectivity index (χ0n) is 38.7. The normalized spacial score (nSPS) is 12.5. The van der Waals surface area contributed by atoms with Gasteiger partial charge in [-0.3, -0.25) is 0 Å². The second-order valence-corrected chi connectivity index (χ2v) is 20.1. The zero-order valence-corrected chi connectivity index (χ0v) is 38.7. The zero-order chi connectivity index (χ0) is 44.7. The fourth-order valence-electron chi connectivity index (χ4n) is 12.2. The molecule has 0 aliphatic heterocycles. The van der Waals surface area contributed by atoms with Crippen LogP contribution in [-0.4, -0.2) is 0 Å². The predicted octanol–water partition coefficient (Wildman–Crippen LogP) is 18.8. The van der Waals surface area contributed by atoms with Gasteiger partial charge in [0.15, 0.2) is 0 Å². The summed E-state index contributed by atoms with van der Waals surface area (Å²) in [4.78, 5) is 0. The fourth-order valence-corrected chi connectivity index (χ4v) is 12.2. The Morgan fingerprint density at radius 2 is 0.606 bits per heavy atom. The van der Waals surface area contributed by atoms with Crippen LogP contribution in [0.15, 0.2) is 176 Å². The van der Waals surface area contributed by atoms with E-state index in [1.54, 1.807) is 0 Å². The number of fused-ring (bicyclic) bond motifs is 9. The number of rotatable bonds is 4. The van der Waals surface area contributed by atoms with Gasteiger partial charge in [-0.25, -0.2) is 0 Å². The largest absolute Gasteiger partial charge is 0.0620 e. The van der Waals surface area contributed by atoms with Crippen LogP contribution in [0, 0.1) is 27.7 Å². The van der Waals surface area contributed by atoms with E-state index in [4.69, 9.17) is 0 Å². The monoisotopic (exact) mass is 842 g/mol. The van der Waals surface area contributed by atoms with E-state index in [0.29, 0.717) is 0 Å². The van der Waals surface area contributed by atoms with Gasteiger partial charge in [0.1, 0.15) is 0 Å². The summed E-state index contributed by atoms with van der Waals surface area (Å²) in [6, 6.07) is 67.0. The van der Waals surface area contributed by atoms with E-state index in [1.807, 2.05) is 0 Å². The smallest absolute Gasteiger partial charge is 0.000720 e. The Morgan fingerprint density at radius 1 is 0.242 bits per heavy atom. The van der Waals surface area contributed by atoms with Crippen LogP contribution in [0.3, 0.4) is 0 Å². The van der Waals surface area contributed by atoms with E-state index in [1.165, 1.54) is 160 Å². The molecule has 11 aromatic rings. The van der Waals surface area contributed by atoms with Crippen molar-refractivity contribution >= 4 is 43.1 Å². The Kier molecular flexibility index (Phi) is 8.24.